The molecule has 0 radical (unpaired) electrons. The number of aromatic nitrogens is 6. The molecule has 1 unspecified atom stereocenters. The first-order valence-corrected chi connectivity index (χ1v) is 11.1. The fourth-order valence-electron chi connectivity index (χ4n) is 3.26. The molecule has 1 atom stereocenters. The van der Waals surface area contributed by atoms with E-state index in [4.69, 9.17) is 11.6 Å². The Morgan fingerprint density at radius 3 is 2.64 bits per heavy atom. The lowest BCUT2D eigenvalue weighted by Gasteiger charge is -2.22. The summed E-state index contributed by atoms with van der Waals surface area (Å²) in [6, 6.07) is 3.19. The van der Waals surface area contributed by atoms with Crippen LogP contribution in [0.15, 0.2) is 43.1 Å². The van der Waals surface area contributed by atoms with Gasteiger partial charge in [0.15, 0.2) is 11.5 Å². The molecule has 0 aliphatic carbocycles. The summed E-state index contributed by atoms with van der Waals surface area (Å²) in [5, 5.41) is 24.4. The molecule has 4 aromatic rings. The third kappa shape index (κ3) is 5.74. The molecule has 14 heteroatoms. The van der Waals surface area contributed by atoms with Crippen molar-refractivity contribution < 1.29 is 23.1 Å². The molecule has 1 amide bonds. The minimum absolute atomic E-state index is 0.0378. The molecular weight excluding hydrogens is 501 g/mol. The van der Waals surface area contributed by atoms with E-state index in [9.17, 15) is 23.1 Å². The van der Waals surface area contributed by atoms with Gasteiger partial charge in [0.05, 0.1) is 46.5 Å². The van der Waals surface area contributed by atoms with E-state index < -0.39 is 37.2 Å². The lowest BCUT2D eigenvalue weighted by Crippen LogP contribution is -2.42. The van der Waals surface area contributed by atoms with Crippen molar-refractivity contribution in [3.8, 4) is 5.82 Å². The van der Waals surface area contributed by atoms with Gasteiger partial charge in [0, 0.05) is 30.0 Å². The molecule has 3 N–H and O–H groups in total. The van der Waals surface area contributed by atoms with Crippen LogP contribution < -0.4 is 10.6 Å². The SMILES string of the molecule is CC(C)(O)C(F)CNC(=O)c1cnc(-n2ncc3cc(Cl)cnc32)cc1Nc1cnn(CC(F)F)c1. The Kier molecular flexibility index (Phi) is 7.13. The lowest BCUT2D eigenvalue weighted by molar-refractivity contribution is -0.00177. The molecule has 0 spiro atoms. The van der Waals surface area contributed by atoms with Gasteiger partial charge >= 0.3 is 0 Å². The molecule has 0 aliphatic heterocycles. The number of carbonyl (C=O) groups excluding carboxylic acids is 1. The number of nitrogens with one attached hydrogen (secondary N) is 2. The van der Waals surface area contributed by atoms with Crippen LogP contribution in [-0.4, -0.2) is 65.3 Å². The number of fused-ring (bicyclic) bond motifs is 1. The number of rotatable bonds is 9. The molecule has 0 fully saturated rings. The normalized spacial score (nSPS) is 12.8. The average Bonchev–Trinajstić information content (AvgIpc) is 3.42. The summed E-state index contributed by atoms with van der Waals surface area (Å²) in [4.78, 5) is 21.4. The second-order valence-electron chi connectivity index (χ2n) is 8.51. The Hall–Kier alpha value is -3.71. The Morgan fingerprint density at radius 2 is 1.92 bits per heavy atom. The standard InChI is InChI=1S/C22H22ClF3N8O2/c1-22(2,36)17(24)9-29-21(35)15-8-27-19(34-20-12(5-31-34)3-13(23)6-28-20)4-16(15)32-14-7-30-33(10-14)11-18(25)26/h3-8,10,17-18,36H,9,11H2,1-2H3,(H,27,32)(H,29,35). The first-order chi connectivity index (χ1) is 17.0. The number of amides is 1. The Bertz CT molecular complexity index is 1390. The van der Waals surface area contributed by atoms with E-state index in [1.165, 1.54) is 49.4 Å². The van der Waals surface area contributed by atoms with Crippen LogP contribution in [0, 0.1) is 0 Å². The highest BCUT2D eigenvalue weighted by molar-refractivity contribution is 6.31. The molecule has 0 bridgehead atoms. The van der Waals surface area contributed by atoms with Gasteiger partial charge in [-0.05, 0) is 19.9 Å². The average molecular weight is 523 g/mol. The number of carbonyl (C=O) groups is 1. The first kappa shape index (κ1) is 25.4. The number of anilines is 2. The van der Waals surface area contributed by atoms with Gasteiger partial charge in [0.1, 0.15) is 12.7 Å². The van der Waals surface area contributed by atoms with Crippen LogP contribution in [0.4, 0.5) is 24.5 Å². The quantitative estimate of drug-likeness (QED) is 0.307. The van der Waals surface area contributed by atoms with Crippen LogP contribution in [0.5, 0.6) is 0 Å². The number of nitrogens with zero attached hydrogens (tertiary/aromatic N) is 6. The topological polar surface area (TPSA) is 123 Å². The highest BCUT2D eigenvalue weighted by Crippen LogP contribution is 2.25. The molecule has 4 rings (SSSR count). The van der Waals surface area contributed by atoms with Crippen molar-refractivity contribution in [1.82, 2.24) is 34.8 Å². The summed E-state index contributed by atoms with van der Waals surface area (Å²) < 4.78 is 42.1. The summed E-state index contributed by atoms with van der Waals surface area (Å²) >= 11 is 5.99. The summed E-state index contributed by atoms with van der Waals surface area (Å²) in [6.45, 7) is 1.54. The number of aliphatic hydroxyl groups is 1. The molecule has 0 saturated carbocycles. The second kappa shape index (κ2) is 10.1. The predicted octanol–water partition coefficient (Wildman–Crippen LogP) is 3.51. The summed E-state index contributed by atoms with van der Waals surface area (Å²) in [7, 11) is 0. The maximum atomic E-state index is 14.2. The maximum absolute atomic E-state index is 14.2. The van der Waals surface area contributed by atoms with E-state index >= 15 is 0 Å². The fourth-order valence-corrected chi connectivity index (χ4v) is 3.43. The number of halogens is 4. The molecule has 4 heterocycles. The van der Waals surface area contributed by atoms with E-state index in [-0.39, 0.29) is 11.3 Å². The smallest absolute Gasteiger partial charge is 0.257 e. The Morgan fingerprint density at radius 1 is 1.14 bits per heavy atom. The zero-order valence-electron chi connectivity index (χ0n) is 19.2. The Balaban J connectivity index is 1.68. The minimum Gasteiger partial charge on any atom is -0.387 e. The van der Waals surface area contributed by atoms with Crippen LogP contribution >= 0.6 is 11.6 Å². The van der Waals surface area contributed by atoms with E-state index in [1.807, 2.05) is 0 Å². The van der Waals surface area contributed by atoms with Gasteiger partial charge in [-0.2, -0.15) is 14.9 Å². The predicted molar refractivity (Wildman–Crippen MR) is 127 cm³/mol. The van der Waals surface area contributed by atoms with Gasteiger partial charge in [-0.3, -0.25) is 9.48 Å². The van der Waals surface area contributed by atoms with Gasteiger partial charge in [-0.1, -0.05) is 11.6 Å². The van der Waals surface area contributed by atoms with E-state index in [0.29, 0.717) is 27.6 Å². The van der Waals surface area contributed by atoms with Crippen molar-refractivity contribution in [1.29, 1.82) is 0 Å². The van der Waals surface area contributed by atoms with Crippen LogP contribution in [-0.2, 0) is 6.54 Å². The first-order valence-electron chi connectivity index (χ1n) is 10.7. The van der Waals surface area contributed by atoms with Crippen molar-refractivity contribution >= 4 is 39.9 Å². The zero-order chi connectivity index (χ0) is 26.0. The number of hydrogen-bond donors (Lipinski definition) is 3. The monoisotopic (exact) mass is 522 g/mol. The molecule has 0 aromatic carbocycles. The number of alkyl halides is 3. The lowest BCUT2D eigenvalue weighted by atomic mass is 10.0. The third-order valence-electron chi connectivity index (χ3n) is 5.17. The van der Waals surface area contributed by atoms with Crippen LogP contribution in [0.25, 0.3) is 16.9 Å². The molecule has 36 heavy (non-hydrogen) atoms. The van der Waals surface area contributed by atoms with Gasteiger partial charge < -0.3 is 15.7 Å². The maximum Gasteiger partial charge on any atom is 0.257 e. The largest absolute Gasteiger partial charge is 0.387 e. The second-order valence-corrected chi connectivity index (χ2v) is 8.95. The van der Waals surface area contributed by atoms with Gasteiger partial charge in [-0.25, -0.2) is 23.1 Å². The highest BCUT2D eigenvalue weighted by atomic mass is 35.5. The van der Waals surface area contributed by atoms with E-state index in [1.54, 1.807) is 12.3 Å². The zero-order valence-corrected chi connectivity index (χ0v) is 19.9. The van der Waals surface area contributed by atoms with Crippen molar-refractivity contribution in [2.75, 3.05) is 11.9 Å². The number of pyridine rings is 2. The number of hydrogen-bond acceptors (Lipinski definition) is 7. The van der Waals surface area contributed by atoms with E-state index in [2.05, 4.69) is 30.8 Å². The van der Waals surface area contributed by atoms with Crippen LogP contribution in [0.2, 0.25) is 5.02 Å². The summed E-state index contributed by atoms with van der Waals surface area (Å²) in [5.74, 6) is -0.377. The molecule has 10 nitrogen and oxygen atoms in total. The molecule has 0 aliphatic rings. The van der Waals surface area contributed by atoms with Crippen molar-refractivity contribution in [3.05, 3.63) is 53.7 Å². The fraction of sp³-hybridized carbons (Fsp3) is 0.318. The van der Waals surface area contributed by atoms with Crippen LogP contribution in [0.3, 0.4) is 0 Å². The molecule has 0 saturated heterocycles. The van der Waals surface area contributed by atoms with Gasteiger partial charge in [0.25, 0.3) is 12.3 Å². The van der Waals surface area contributed by atoms with Crippen molar-refractivity contribution in [2.45, 2.75) is 38.6 Å². The van der Waals surface area contributed by atoms with E-state index in [0.717, 1.165) is 4.68 Å². The molecule has 190 valence electrons. The summed E-state index contributed by atoms with van der Waals surface area (Å²) in [6.07, 6.45) is 2.63. The highest BCUT2D eigenvalue weighted by Gasteiger charge is 2.27. The molecule has 4 aromatic heterocycles. The van der Waals surface area contributed by atoms with Crippen LogP contribution in [0.1, 0.15) is 24.2 Å². The summed E-state index contributed by atoms with van der Waals surface area (Å²) in [5.41, 5.74) is -0.587. The van der Waals surface area contributed by atoms with Crippen molar-refractivity contribution in [3.63, 3.8) is 0 Å². The van der Waals surface area contributed by atoms with Gasteiger partial charge in [-0.15, -0.1) is 0 Å². The Labute approximate surface area is 208 Å². The van der Waals surface area contributed by atoms with Crippen molar-refractivity contribution in [2.24, 2.45) is 0 Å². The minimum atomic E-state index is -2.59. The molecular formula is C22H22ClF3N8O2. The van der Waals surface area contributed by atoms with Gasteiger partial charge in [0.2, 0.25) is 0 Å². The third-order valence-corrected chi connectivity index (χ3v) is 5.38.